The molecular formula is C7H8Br2N2O. The molecule has 1 atom stereocenters. The Kier molecular flexibility index (Phi) is 2.52. The van der Waals surface area contributed by atoms with Gasteiger partial charge >= 0.3 is 0 Å². The number of hydrogen-bond acceptors (Lipinski definition) is 2. The summed E-state index contributed by atoms with van der Waals surface area (Å²) in [6, 6.07) is 0. The zero-order valence-corrected chi connectivity index (χ0v) is 9.51. The lowest BCUT2D eigenvalue weighted by molar-refractivity contribution is 0.0531. The van der Waals surface area contributed by atoms with Gasteiger partial charge in [0.2, 0.25) is 0 Å². The fourth-order valence-corrected chi connectivity index (χ4v) is 2.60. The van der Waals surface area contributed by atoms with E-state index in [1.165, 1.54) is 0 Å². The highest BCUT2D eigenvalue weighted by Gasteiger charge is 2.21. The highest BCUT2D eigenvalue weighted by atomic mass is 79.9. The average molecular weight is 296 g/mol. The Morgan fingerprint density at radius 2 is 2.42 bits per heavy atom. The van der Waals surface area contributed by atoms with Crippen molar-refractivity contribution in [3.05, 3.63) is 15.5 Å². The molecule has 12 heavy (non-hydrogen) atoms. The van der Waals surface area contributed by atoms with Gasteiger partial charge in [0, 0.05) is 6.61 Å². The van der Waals surface area contributed by atoms with Crippen molar-refractivity contribution in [3.63, 3.8) is 0 Å². The number of aromatic nitrogens is 2. The molecule has 1 fully saturated rings. The zero-order chi connectivity index (χ0) is 8.55. The first-order valence-corrected chi connectivity index (χ1v) is 5.37. The van der Waals surface area contributed by atoms with E-state index in [-0.39, 0.29) is 6.23 Å². The van der Waals surface area contributed by atoms with Gasteiger partial charge in [-0.15, -0.1) is 0 Å². The summed E-state index contributed by atoms with van der Waals surface area (Å²) in [6.07, 6.45) is 4.11. The number of imidazole rings is 1. The Bertz CT molecular complexity index is 261. The third-order valence-electron chi connectivity index (χ3n) is 1.90. The summed E-state index contributed by atoms with van der Waals surface area (Å²) < 4.78 is 9.31. The van der Waals surface area contributed by atoms with Crippen LogP contribution in [-0.4, -0.2) is 16.2 Å². The lowest BCUT2D eigenvalue weighted by atomic mass is 10.3. The van der Waals surface area contributed by atoms with Crippen LogP contribution in [0.15, 0.2) is 15.5 Å². The van der Waals surface area contributed by atoms with E-state index >= 15 is 0 Å². The van der Waals surface area contributed by atoms with Crippen molar-refractivity contribution in [3.8, 4) is 0 Å². The second-order valence-corrected chi connectivity index (χ2v) is 4.21. The zero-order valence-electron chi connectivity index (χ0n) is 6.33. The third-order valence-corrected chi connectivity index (χ3v) is 3.07. The fourth-order valence-electron chi connectivity index (χ4n) is 1.34. The van der Waals surface area contributed by atoms with Crippen molar-refractivity contribution in [1.29, 1.82) is 0 Å². The van der Waals surface area contributed by atoms with Crippen molar-refractivity contribution in [2.75, 3.05) is 6.61 Å². The van der Waals surface area contributed by atoms with Gasteiger partial charge in [0.15, 0.2) is 4.73 Å². The maximum atomic E-state index is 5.52. The van der Waals surface area contributed by atoms with Gasteiger partial charge in [0.25, 0.3) is 0 Å². The minimum absolute atomic E-state index is 0.149. The van der Waals surface area contributed by atoms with Crippen LogP contribution in [0.5, 0.6) is 0 Å². The van der Waals surface area contributed by atoms with Gasteiger partial charge < -0.3 is 4.74 Å². The van der Waals surface area contributed by atoms with Gasteiger partial charge in [-0.05, 0) is 44.7 Å². The molecular weight excluding hydrogens is 288 g/mol. The molecule has 0 radical (unpaired) electrons. The molecule has 0 amide bonds. The molecule has 0 spiro atoms. The van der Waals surface area contributed by atoms with Crippen LogP contribution < -0.4 is 0 Å². The van der Waals surface area contributed by atoms with Gasteiger partial charge in [0.05, 0.1) is 6.20 Å². The predicted molar refractivity (Wildman–Crippen MR) is 51.9 cm³/mol. The van der Waals surface area contributed by atoms with Crippen LogP contribution >= 0.6 is 31.9 Å². The van der Waals surface area contributed by atoms with Crippen LogP contribution in [0.2, 0.25) is 0 Å². The number of ether oxygens (including phenoxy) is 1. The highest BCUT2D eigenvalue weighted by molar-refractivity contribution is 9.11. The molecule has 1 aliphatic rings. The Balaban J connectivity index is 2.30. The average Bonchev–Trinajstić information content (AvgIpc) is 2.61. The highest BCUT2D eigenvalue weighted by Crippen LogP contribution is 2.30. The number of hydrogen-bond donors (Lipinski definition) is 0. The van der Waals surface area contributed by atoms with E-state index in [0.717, 1.165) is 28.8 Å². The summed E-state index contributed by atoms with van der Waals surface area (Å²) in [6.45, 7) is 0.849. The molecule has 66 valence electrons. The second kappa shape index (κ2) is 3.47. The molecule has 1 aliphatic heterocycles. The van der Waals surface area contributed by atoms with E-state index in [9.17, 15) is 0 Å². The summed E-state index contributed by atoms with van der Waals surface area (Å²) in [5.41, 5.74) is 0. The number of rotatable bonds is 1. The van der Waals surface area contributed by atoms with Crippen molar-refractivity contribution >= 4 is 31.9 Å². The summed E-state index contributed by atoms with van der Waals surface area (Å²) in [5, 5.41) is 0. The van der Waals surface area contributed by atoms with Gasteiger partial charge in [0.1, 0.15) is 10.8 Å². The van der Waals surface area contributed by atoms with Crippen LogP contribution in [0.4, 0.5) is 0 Å². The number of nitrogens with zero attached hydrogens (tertiary/aromatic N) is 2. The van der Waals surface area contributed by atoms with Crippen molar-refractivity contribution in [2.45, 2.75) is 19.1 Å². The number of halogens is 2. The van der Waals surface area contributed by atoms with Gasteiger partial charge in [-0.3, -0.25) is 4.57 Å². The summed E-state index contributed by atoms with van der Waals surface area (Å²) >= 11 is 6.79. The van der Waals surface area contributed by atoms with Crippen molar-refractivity contribution in [2.24, 2.45) is 0 Å². The van der Waals surface area contributed by atoms with Crippen LogP contribution in [0, 0.1) is 0 Å². The lowest BCUT2D eigenvalue weighted by Crippen LogP contribution is -2.07. The molecule has 1 unspecified atom stereocenters. The Labute approximate surface area is 87.4 Å². The minimum Gasteiger partial charge on any atom is -0.358 e. The van der Waals surface area contributed by atoms with E-state index in [1.807, 2.05) is 4.57 Å². The monoisotopic (exact) mass is 294 g/mol. The molecule has 5 heteroatoms. The first-order valence-electron chi connectivity index (χ1n) is 3.79. The van der Waals surface area contributed by atoms with Crippen LogP contribution in [-0.2, 0) is 4.74 Å². The molecule has 1 aromatic heterocycles. The molecule has 0 bridgehead atoms. The minimum atomic E-state index is 0.149. The normalized spacial score (nSPS) is 23.3. The summed E-state index contributed by atoms with van der Waals surface area (Å²) in [7, 11) is 0. The Morgan fingerprint density at radius 3 is 2.92 bits per heavy atom. The van der Waals surface area contributed by atoms with E-state index in [0.29, 0.717) is 0 Å². The lowest BCUT2D eigenvalue weighted by Gasteiger charge is -2.13. The standard InChI is InChI=1S/C7H8Br2N2O/c8-5-4-10-7(9)11(5)6-2-1-3-12-6/h4,6H,1-3H2. The molecule has 0 aliphatic carbocycles. The van der Waals surface area contributed by atoms with Crippen molar-refractivity contribution < 1.29 is 4.74 Å². The smallest absolute Gasteiger partial charge is 0.180 e. The molecule has 0 saturated carbocycles. The molecule has 1 aromatic rings. The SMILES string of the molecule is Brc1cnc(Br)n1C1CCCO1. The summed E-state index contributed by atoms with van der Waals surface area (Å²) in [4.78, 5) is 4.11. The van der Waals surface area contributed by atoms with E-state index in [2.05, 4.69) is 36.8 Å². The maximum absolute atomic E-state index is 5.52. The molecule has 2 rings (SSSR count). The molecule has 2 heterocycles. The quantitative estimate of drug-likeness (QED) is 0.796. The van der Waals surface area contributed by atoms with Gasteiger partial charge in [-0.2, -0.15) is 0 Å². The first kappa shape index (κ1) is 8.72. The first-order chi connectivity index (χ1) is 5.79. The van der Waals surface area contributed by atoms with Crippen molar-refractivity contribution in [1.82, 2.24) is 9.55 Å². The van der Waals surface area contributed by atoms with Crippen LogP contribution in [0.25, 0.3) is 0 Å². The Hall–Kier alpha value is 0.130. The van der Waals surface area contributed by atoms with Crippen LogP contribution in [0.3, 0.4) is 0 Å². The predicted octanol–water partition coefficient (Wildman–Crippen LogP) is 2.72. The van der Waals surface area contributed by atoms with Gasteiger partial charge in [-0.25, -0.2) is 4.98 Å². The third kappa shape index (κ3) is 1.45. The summed E-state index contributed by atoms with van der Waals surface area (Å²) in [5.74, 6) is 0. The molecule has 0 N–H and O–H groups in total. The topological polar surface area (TPSA) is 27.1 Å². The van der Waals surface area contributed by atoms with Gasteiger partial charge in [-0.1, -0.05) is 0 Å². The fraction of sp³-hybridized carbons (Fsp3) is 0.571. The largest absolute Gasteiger partial charge is 0.358 e. The Morgan fingerprint density at radius 1 is 1.58 bits per heavy atom. The molecule has 0 aromatic carbocycles. The molecule has 3 nitrogen and oxygen atoms in total. The second-order valence-electron chi connectivity index (χ2n) is 2.69. The maximum Gasteiger partial charge on any atom is 0.180 e. The molecule has 1 saturated heterocycles. The van der Waals surface area contributed by atoms with Crippen LogP contribution in [0.1, 0.15) is 19.1 Å². The van der Waals surface area contributed by atoms with E-state index < -0.39 is 0 Å². The van der Waals surface area contributed by atoms with E-state index in [4.69, 9.17) is 4.74 Å². The van der Waals surface area contributed by atoms with E-state index in [1.54, 1.807) is 6.20 Å².